The molecule has 0 aliphatic carbocycles. The summed E-state index contributed by atoms with van der Waals surface area (Å²) in [5.74, 6) is 0.816. The largest absolute Gasteiger partial charge is 0.487 e. The van der Waals surface area contributed by atoms with E-state index in [4.69, 9.17) is 4.74 Å². The third-order valence-electron chi connectivity index (χ3n) is 6.53. The summed E-state index contributed by atoms with van der Waals surface area (Å²) < 4.78 is 6.37. The second kappa shape index (κ2) is 7.45. The molecule has 0 aromatic heterocycles. The van der Waals surface area contributed by atoms with Crippen LogP contribution < -0.4 is 4.74 Å². The highest BCUT2D eigenvalue weighted by molar-refractivity contribution is 5.83. The van der Waals surface area contributed by atoms with Crippen molar-refractivity contribution in [1.29, 1.82) is 0 Å². The number of β-amino-alcohol motifs (C(OH)–C–C–N with tert-alkyl or cyclic N) is 1. The molecule has 2 heterocycles. The summed E-state index contributed by atoms with van der Waals surface area (Å²) in [5.41, 5.74) is 1.56. The molecule has 1 fully saturated rings. The van der Waals surface area contributed by atoms with Gasteiger partial charge < -0.3 is 19.8 Å². The highest BCUT2D eigenvalue weighted by Gasteiger charge is 2.42. The first-order valence-corrected chi connectivity index (χ1v) is 10.5. The van der Waals surface area contributed by atoms with Gasteiger partial charge in [-0.05, 0) is 41.3 Å². The van der Waals surface area contributed by atoms with Crippen molar-refractivity contribution in [3.05, 3.63) is 77.9 Å². The van der Waals surface area contributed by atoms with Gasteiger partial charge in [-0.2, -0.15) is 0 Å². The van der Waals surface area contributed by atoms with Crippen LogP contribution in [-0.4, -0.2) is 40.3 Å². The van der Waals surface area contributed by atoms with Gasteiger partial charge in [0.25, 0.3) is 0 Å². The van der Waals surface area contributed by atoms with Crippen LogP contribution in [0.1, 0.15) is 42.6 Å². The van der Waals surface area contributed by atoms with Gasteiger partial charge in [-0.15, -0.1) is 0 Å². The number of hydrogen-bond acceptors (Lipinski definition) is 4. The first kappa shape index (κ1) is 18.6. The molecule has 150 valence electrons. The Kier molecular flexibility index (Phi) is 4.78. The fourth-order valence-corrected chi connectivity index (χ4v) is 4.80. The van der Waals surface area contributed by atoms with E-state index in [2.05, 4.69) is 29.2 Å². The fraction of sp³-hybridized carbons (Fsp3) is 0.360. The molecule has 4 nitrogen and oxygen atoms in total. The van der Waals surface area contributed by atoms with Crippen molar-refractivity contribution >= 4 is 10.8 Å². The van der Waals surface area contributed by atoms with Crippen LogP contribution in [0.5, 0.6) is 5.75 Å². The predicted molar refractivity (Wildman–Crippen MR) is 114 cm³/mol. The Morgan fingerprint density at radius 2 is 1.69 bits per heavy atom. The Hall–Kier alpha value is -2.40. The number of aliphatic hydroxyl groups is 2. The molecule has 29 heavy (non-hydrogen) atoms. The van der Waals surface area contributed by atoms with Crippen LogP contribution in [0, 0.1) is 0 Å². The number of benzene rings is 3. The van der Waals surface area contributed by atoms with Crippen LogP contribution in [0.15, 0.2) is 66.7 Å². The lowest BCUT2D eigenvalue weighted by molar-refractivity contribution is -0.0587. The molecule has 5 rings (SSSR count). The van der Waals surface area contributed by atoms with Crippen LogP contribution >= 0.6 is 0 Å². The molecule has 2 aliphatic heterocycles. The van der Waals surface area contributed by atoms with Gasteiger partial charge in [0.1, 0.15) is 11.4 Å². The molecule has 3 aromatic carbocycles. The smallest absolute Gasteiger partial charge is 0.125 e. The quantitative estimate of drug-likeness (QED) is 0.704. The molecular weight excluding hydrogens is 362 g/mol. The highest BCUT2D eigenvalue weighted by Crippen LogP contribution is 2.44. The molecule has 3 aromatic rings. The van der Waals surface area contributed by atoms with Crippen molar-refractivity contribution in [3.8, 4) is 5.75 Å². The van der Waals surface area contributed by atoms with Gasteiger partial charge >= 0.3 is 0 Å². The summed E-state index contributed by atoms with van der Waals surface area (Å²) >= 11 is 0. The first-order valence-electron chi connectivity index (χ1n) is 10.5. The van der Waals surface area contributed by atoms with Gasteiger partial charge in [-0.25, -0.2) is 0 Å². The van der Waals surface area contributed by atoms with Gasteiger partial charge in [0.2, 0.25) is 0 Å². The SMILES string of the molecule is OC(CN1CCC2(CC1)CC(O)c1ccccc1O2)c1ccc2ccccc2c1. The third-order valence-corrected chi connectivity index (χ3v) is 6.53. The molecule has 2 N–H and O–H groups in total. The molecule has 0 radical (unpaired) electrons. The molecular formula is C25H27NO3. The Balaban J connectivity index is 1.24. The van der Waals surface area contributed by atoms with E-state index in [0.717, 1.165) is 48.2 Å². The van der Waals surface area contributed by atoms with Crippen molar-refractivity contribution in [3.63, 3.8) is 0 Å². The maximum atomic E-state index is 10.8. The summed E-state index contributed by atoms with van der Waals surface area (Å²) in [4.78, 5) is 2.31. The van der Waals surface area contributed by atoms with Gasteiger partial charge in [0.15, 0.2) is 0 Å². The predicted octanol–water partition coefficient (Wildman–Crippen LogP) is 4.22. The Labute approximate surface area is 171 Å². The standard InChI is InChI=1S/C25H27NO3/c27-22-16-25(29-24-8-4-3-7-21(22)24)11-13-26(14-12-25)17-23(28)20-10-9-18-5-1-2-6-19(18)15-20/h1-10,15,22-23,27-28H,11-14,16-17H2. The Morgan fingerprint density at radius 1 is 0.966 bits per heavy atom. The first-order chi connectivity index (χ1) is 14.1. The van der Waals surface area contributed by atoms with Gasteiger partial charge in [0.05, 0.1) is 12.2 Å². The molecule has 2 atom stereocenters. The van der Waals surface area contributed by atoms with Crippen LogP contribution in [0.2, 0.25) is 0 Å². The maximum Gasteiger partial charge on any atom is 0.125 e. The molecule has 2 aliphatic rings. The van der Waals surface area contributed by atoms with Crippen molar-refractivity contribution < 1.29 is 14.9 Å². The normalized spacial score (nSPS) is 22.2. The number of fused-ring (bicyclic) bond motifs is 2. The number of likely N-dealkylation sites (tertiary alicyclic amines) is 1. The van der Waals surface area contributed by atoms with Crippen molar-refractivity contribution in [2.45, 2.75) is 37.1 Å². The summed E-state index contributed by atoms with van der Waals surface area (Å²) in [7, 11) is 0. The van der Waals surface area contributed by atoms with Crippen molar-refractivity contribution in [2.75, 3.05) is 19.6 Å². The molecule has 1 spiro atoms. The zero-order valence-electron chi connectivity index (χ0n) is 16.5. The summed E-state index contributed by atoms with van der Waals surface area (Å²) in [5, 5.41) is 23.7. The number of nitrogens with zero attached hydrogens (tertiary/aromatic N) is 1. The Morgan fingerprint density at radius 3 is 2.52 bits per heavy atom. The minimum Gasteiger partial charge on any atom is -0.487 e. The van der Waals surface area contributed by atoms with Crippen LogP contribution in [-0.2, 0) is 0 Å². The number of piperidine rings is 1. The van der Waals surface area contributed by atoms with Crippen LogP contribution in [0.3, 0.4) is 0 Å². The zero-order chi connectivity index (χ0) is 19.8. The van der Waals surface area contributed by atoms with E-state index in [1.807, 2.05) is 42.5 Å². The lowest BCUT2D eigenvalue weighted by Gasteiger charge is -2.46. The average Bonchev–Trinajstić information content (AvgIpc) is 2.75. The highest BCUT2D eigenvalue weighted by atomic mass is 16.5. The number of rotatable bonds is 3. The van der Waals surface area contributed by atoms with Crippen molar-refractivity contribution in [2.24, 2.45) is 0 Å². The lowest BCUT2D eigenvalue weighted by Crippen LogP contribution is -2.51. The molecule has 0 bridgehead atoms. The number of para-hydroxylation sites is 1. The van der Waals surface area contributed by atoms with E-state index in [0.29, 0.717) is 13.0 Å². The monoisotopic (exact) mass is 389 g/mol. The molecule has 4 heteroatoms. The van der Waals surface area contributed by atoms with E-state index in [1.54, 1.807) is 0 Å². The third kappa shape index (κ3) is 3.64. The minimum absolute atomic E-state index is 0.293. The number of hydrogen-bond donors (Lipinski definition) is 2. The van der Waals surface area contributed by atoms with E-state index < -0.39 is 12.2 Å². The molecule has 2 unspecified atom stereocenters. The van der Waals surface area contributed by atoms with Crippen molar-refractivity contribution in [1.82, 2.24) is 4.90 Å². The second-order valence-electron chi connectivity index (χ2n) is 8.47. The minimum atomic E-state index is -0.507. The fourth-order valence-electron chi connectivity index (χ4n) is 4.80. The average molecular weight is 389 g/mol. The van der Waals surface area contributed by atoms with Gasteiger partial charge in [0, 0.05) is 31.6 Å². The van der Waals surface area contributed by atoms with Crippen LogP contribution in [0.4, 0.5) is 0 Å². The second-order valence-corrected chi connectivity index (χ2v) is 8.47. The van der Waals surface area contributed by atoms with E-state index in [-0.39, 0.29) is 5.60 Å². The van der Waals surface area contributed by atoms with Gasteiger partial charge in [-0.3, -0.25) is 0 Å². The number of aliphatic hydroxyl groups excluding tert-OH is 2. The molecule has 1 saturated heterocycles. The van der Waals surface area contributed by atoms with E-state index in [1.165, 1.54) is 5.39 Å². The summed E-state index contributed by atoms with van der Waals surface area (Å²) in [6.07, 6.45) is 1.40. The lowest BCUT2D eigenvalue weighted by atomic mass is 9.81. The maximum absolute atomic E-state index is 10.8. The van der Waals surface area contributed by atoms with Gasteiger partial charge in [-0.1, -0.05) is 54.6 Å². The van der Waals surface area contributed by atoms with E-state index >= 15 is 0 Å². The van der Waals surface area contributed by atoms with Crippen LogP contribution in [0.25, 0.3) is 10.8 Å². The topological polar surface area (TPSA) is 52.9 Å². The molecule has 0 saturated carbocycles. The Bertz CT molecular complexity index is 1010. The summed E-state index contributed by atoms with van der Waals surface area (Å²) in [6, 6.07) is 22.2. The summed E-state index contributed by atoms with van der Waals surface area (Å²) in [6.45, 7) is 2.34. The van der Waals surface area contributed by atoms with E-state index in [9.17, 15) is 10.2 Å². The molecule has 0 amide bonds. The number of ether oxygens (including phenoxy) is 1. The zero-order valence-corrected chi connectivity index (χ0v) is 16.5.